The Hall–Kier alpha value is -2.41. The molecule has 25 heavy (non-hydrogen) atoms. The molecule has 0 unspecified atom stereocenters. The average molecular weight is 350 g/mol. The van der Waals surface area contributed by atoms with Crippen LogP contribution < -0.4 is 4.74 Å². The van der Waals surface area contributed by atoms with Crippen LogP contribution in [0.2, 0.25) is 0 Å². The molecule has 1 aromatic rings. The standard InChI is InChI=1S/C18H22O7/c1-18(22)9-12(19)14(16(20)24-3)13(15(18)17(21)25-4)10-5-7-11(23-2)8-6-10/h5-8,13-15,22H,9H2,1-4H3/t13-,14-,15-,18-/m1/s1. The van der Waals surface area contributed by atoms with E-state index in [1.54, 1.807) is 24.3 Å². The van der Waals surface area contributed by atoms with Gasteiger partial charge in [-0.1, -0.05) is 12.1 Å². The van der Waals surface area contributed by atoms with Gasteiger partial charge in [0.2, 0.25) is 0 Å². The van der Waals surface area contributed by atoms with Crippen molar-refractivity contribution in [1.82, 2.24) is 0 Å². The van der Waals surface area contributed by atoms with E-state index in [0.717, 1.165) is 0 Å². The molecule has 0 heterocycles. The lowest BCUT2D eigenvalue weighted by molar-refractivity contribution is -0.170. The summed E-state index contributed by atoms with van der Waals surface area (Å²) in [5, 5.41) is 10.7. The SMILES string of the molecule is COC(=O)[C@@H]1C(=O)C[C@@](C)(O)[C@@H](C(=O)OC)[C@@H]1c1ccc(OC)cc1. The van der Waals surface area contributed by atoms with Gasteiger partial charge in [0, 0.05) is 12.3 Å². The largest absolute Gasteiger partial charge is 0.497 e. The van der Waals surface area contributed by atoms with Gasteiger partial charge in [-0.05, 0) is 24.6 Å². The summed E-state index contributed by atoms with van der Waals surface area (Å²) in [6, 6.07) is 6.63. The lowest BCUT2D eigenvalue weighted by atomic mass is 9.62. The number of carbonyl (C=O) groups excluding carboxylic acids is 3. The Morgan fingerprint density at radius 2 is 1.64 bits per heavy atom. The second-order valence-electron chi connectivity index (χ2n) is 6.30. The zero-order chi connectivity index (χ0) is 18.8. The number of carbonyl (C=O) groups is 3. The molecule has 1 saturated carbocycles. The Labute approximate surface area is 145 Å². The summed E-state index contributed by atoms with van der Waals surface area (Å²) in [6.45, 7) is 1.40. The number of rotatable bonds is 4. The monoisotopic (exact) mass is 350 g/mol. The molecule has 0 spiro atoms. The third-order valence-corrected chi connectivity index (χ3v) is 4.68. The second-order valence-corrected chi connectivity index (χ2v) is 6.30. The van der Waals surface area contributed by atoms with Crippen molar-refractivity contribution in [2.75, 3.05) is 21.3 Å². The van der Waals surface area contributed by atoms with Crippen molar-refractivity contribution in [2.45, 2.75) is 24.9 Å². The molecule has 2 rings (SSSR count). The van der Waals surface area contributed by atoms with Crippen LogP contribution in [0.1, 0.15) is 24.8 Å². The highest BCUT2D eigenvalue weighted by Crippen LogP contribution is 2.46. The van der Waals surface area contributed by atoms with Crippen LogP contribution in [0.5, 0.6) is 5.75 Å². The lowest BCUT2D eigenvalue weighted by Crippen LogP contribution is -2.55. The average Bonchev–Trinajstić information content (AvgIpc) is 2.59. The van der Waals surface area contributed by atoms with Crippen molar-refractivity contribution in [1.29, 1.82) is 0 Å². The third kappa shape index (κ3) is 3.51. The first-order valence-corrected chi connectivity index (χ1v) is 7.81. The molecule has 1 aromatic carbocycles. The van der Waals surface area contributed by atoms with E-state index in [4.69, 9.17) is 14.2 Å². The quantitative estimate of drug-likeness (QED) is 0.641. The van der Waals surface area contributed by atoms with Crippen LogP contribution >= 0.6 is 0 Å². The minimum absolute atomic E-state index is 0.334. The first-order chi connectivity index (χ1) is 11.8. The highest BCUT2D eigenvalue weighted by molar-refractivity contribution is 6.02. The van der Waals surface area contributed by atoms with Gasteiger partial charge in [0.15, 0.2) is 5.78 Å². The van der Waals surface area contributed by atoms with Gasteiger partial charge in [0.25, 0.3) is 0 Å². The third-order valence-electron chi connectivity index (χ3n) is 4.68. The van der Waals surface area contributed by atoms with Crippen molar-refractivity contribution < 1.29 is 33.7 Å². The molecule has 4 atom stereocenters. The van der Waals surface area contributed by atoms with Gasteiger partial charge in [0.1, 0.15) is 11.7 Å². The fourth-order valence-electron chi connectivity index (χ4n) is 3.50. The molecule has 0 saturated heterocycles. The molecule has 0 radical (unpaired) electrons. The predicted octanol–water partition coefficient (Wildman–Crippen LogP) is 1.08. The number of benzene rings is 1. The highest BCUT2D eigenvalue weighted by Gasteiger charge is 2.56. The first-order valence-electron chi connectivity index (χ1n) is 7.81. The van der Waals surface area contributed by atoms with Crippen molar-refractivity contribution in [3.8, 4) is 5.75 Å². The summed E-state index contributed by atoms with van der Waals surface area (Å²) >= 11 is 0. The van der Waals surface area contributed by atoms with Gasteiger partial charge in [-0.25, -0.2) is 0 Å². The summed E-state index contributed by atoms with van der Waals surface area (Å²) in [5.41, 5.74) is -1.10. The molecule has 0 aromatic heterocycles. The van der Waals surface area contributed by atoms with Gasteiger partial charge in [0.05, 0.1) is 32.8 Å². The van der Waals surface area contributed by atoms with Gasteiger partial charge in [-0.2, -0.15) is 0 Å². The number of hydrogen-bond acceptors (Lipinski definition) is 7. The number of esters is 2. The molecule has 0 amide bonds. The second kappa shape index (κ2) is 7.23. The number of methoxy groups -OCH3 is 3. The van der Waals surface area contributed by atoms with Gasteiger partial charge in [-0.15, -0.1) is 0 Å². The molecule has 136 valence electrons. The zero-order valence-electron chi connectivity index (χ0n) is 14.6. The predicted molar refractivity (Wildman–Crippen MR) is 87.0 cm³/mol. The van der Waals surface area contributed by atoms with Crippen LogP contribution in [0.15, 0.2) is 24.3 Å². The number of hydrogen-bond donors (Lipinski definition) is 1. The number of ketones is 1. The van der Waals surface area contributed by atoms with Crippen molar-refractivity contribution in [2.24, 2.45) is 11.8 Å². The van der Waals surface area contributed by atoms with Crippen molar-refractivity contribution in [3.63, 3.8) is 0 Å². The molecule has 1 aliphatic carbocycles. The Kier molecular flexibility index (Phi) is 5.47. The van der Waals surface area contributed by atoms with Crippen LogP contribution in [-0.4, -0.2) is 49.8 Å². The van der Waals surface area contributed by atoms with Crippen LogP contribution in [-0.2, 0) is 23.9 Å². The summed E-state index contributed by atoms with van der Waals surface area (Å²) in [7, 11) is 3.89. The van der Waals surface area contributed by atoms with E-state index in [0.29, 0.717) is 11.3 Å². The zero-order valence-corrected chi connectivity index (χ0v) is 14.6. The Morgan fingerprint density at radius 1 is 1.08 bits per heavy atom. The summed E-state index contributed by atoms with van der Waals surface area (Å²) in [6.07, 6.45) is -0.334. The summed E-state index contributed by atoms with van der Waals surface area (Å²) in [5.74, 6) is -4.50. The van der Waals surface area contributed by atoms with Crippen molar-refractivity contribution >= 4 is 17.7 Å². The van der Waals surface area contributed by atoms with E-state index in [9.17, 15) is 19.5 Å². The first kappa shape index (κ1) is 18.9. The van der Waals surface area contributed by atoms with Crippen LogP contribution in [0, 0.1) is 11.8 Å². The number of ether oxygens (including phenoxy) is 3. The molecular weight excluding hydrogens is 328 g/mol. The number of aliphatic hydroxyl groups is 1. The molecule has 7 nitrogen and oxygen atoms in total. The van der Waals surface area contributed by atoms with Crippen LogP contribution in [0.3, 0.4) is 0 Å². The van der Waals surface area contributed by atoms with Gasteiger partial charge >= 0.3 is 11.9 Å². The smallest absolute Gasteiger partial charge is 0.316 e. The molecule has 0 bridgehead atoms. The fourth-order valence-corrected chi connectivity index (χ4v) is 3.50. The maximum Gasteiger partial charge on any atom is 0.316 e. The summed E-state index contributed by atoms with van der Waals surface area (Å²) in [4.78, 5) is 37.2. The molecule has 0 aliphatic heterocycles. The van der Waals surface area contributed by atoms with E-state index in [-0.39, 0.29) is 6.42 Å². The number of Topliss-reactive ketones (excluding diaryl/α,β-unsaturated/α-hetero) is 1. The topological polar surface area (TPSA) is 99.1 Å². The van der Waals surface area contributed by atoms with Gasteiger partial charge < -0.3 is 19.3 Å². The van der Waals surface area contributed by atoms with E-state index in [1.165, 1.54) is 28.3 Å². The highest BCUT2D eigenvalue weighted by atomic mass is 16.5. The van der Waals surface area contributed by atoms with E-state index < -0.39 is 41.1 Å². The van der Waals surface area contributed by atoms with Gasteiger partial charge in [-0.3, -0.25) is 14.4 Å². The molecular formula is C18H22O7. The molecule has 1 fully saturated rings. The minimum Gasteiger partial charge on any atom is -0.497 e. The van der Waals surface area contributed by atoms with E-state index in [2.05, 4.69) is 0 Å². The molecule has 7 heteroatoms. The Bertz CT molecular complexity index is 663. The Balaban J connectivity index is 2.61. The normalized spacial score (nSPS) is 29.0. The van der Waals surface area contributed by atoms with Crippen LogP contribution in [0.4, 0.5) is 0 Å². The van der Waals surface area contributed by atoms with E-state index >= 15 is 0 Å². The minimum atomic E-state index is -1.64. The fraction of sp³-hybridized carbons (Fsp3) is 0.500. The molecule has 1 N–H and O–H groups in total. The van der Waals surface area contributed by atoms with Crippen molar-refractivity contribution in [3.05, 3.63) is 29.8 Å². The maximum absolute atomic E-state index is 12.5. The Morgan fingerprint density at radius 3 is 2.12 bits per heavy atom. The lowest BCUT2D eigenvalue weighted by Gasteiger charge is -2.43. The van der Waals surface area contributed by atoms with E-state index in [1.807, 2.05) is 0 Å². The summed E-state index contributed by atoms with van der Waals surface area (Å²) < 4.78 is 14.7. The maximum atomic E-state index is 12.5. The van der Waals surface area contributed by atoms with Crippen LogP contribution in [0.25, 0.3) is 0 Å². The molecule has 1 aliphatic rings.